The van der Waals surface area contributed by atoms with Crippen molar-refractivity contribution >= 4 is 18.7 Å². The number of hydrogen-bond acceptors (Lipinski definition) is 4. The molecular formula is C13H20N4O2. The first-order valence-corrected chi connectivity index (χ1v) is 5.71. The van der Waals surface area contributed by atoms with E-state index in [9.17, 15) is 9.59 Å². The molecule has 0 aliphatic carbocycles. The van der Waals surface area contributed by atoms with Crippen molar-refractivity contribution in [3.8, 4) is 0 Å². The molecule has 3 N–H and O–H groups in total. The summed E-state index contributed by atoms with van der Waals surface area (Å²) >= 11 is 0. The average Bonchev–Trinajstić information content (AvgIpc) is 2.44. The molecule has 0 rings (SSSR count). The third-order valence-electron chi connectivity index (χ3n) is 2.57. The van der Waals surface area contributed by atoms with Crippen molar-refractivity contribution in [2.24, 2.45) is 10.8 Å². The monoisotopic (exact) mass is 264 g/mol. The first kappa shape index (κ1) is 16.8. The number of nitrogens with zero attached hydrogens (tertiary/aromatic N) is 2. The zero-order chi connectivity index (χ0) is 14.8. The molecule has 0 radical (unpaired) electrons. The van der Waals surface area contributed by atoms with Crippen molar-refractivity contribution in [2.75, 3.05) is 6.54 Å². The van der Waals surface area contributed by atoms with E-state index in [1.807, 2.05) is 32.3 Å². The molecule has 19 heavy (non-hydrogen) atoms. The predicted octanol–water partition coefficient (Wildman–Crippen LogP) is 0.889. The Hall–Kier alpha value is -2.21. The summed E-state index contributed by atoms with van der Waals surface area (Å²) in [6.07, 6.45) is 5.31. The highest BCUT2D eigenvalue weighted by Gasteiger charge is 2.05. The standard InChI is InChI=1S/C13H20N4O2/c1-5-10(3)11(4)12(6-2)15-8-17(9-18)7-13(19)16-14/h5-6,8-9H,2,7,14H2,1,3-4H3,(H,16,19)/b10-5-,12-11+,15-8?. The van der Waals surface area contributed by atoms with E-state index in [0.717, 1.165) is 16.0 Å². The van der Waals surface area contributed by atoms with Gasteiger partial charge in [-0.05, 0) is 32.4 Å². The number of allylic oxidation sites excluding steroid dienone is 4. The van der Waals surface area contributed by atoms with Crippen LogP contribution in [0, 0.1) is 0 Å². The first-order valence-electron chi connectivity index (χ1n) is 5.71. The highest BCUT2D eigenvalue weighted by Crippen LogP contribution is 2.15. The zero-order valence-corrected chi connectivity index (χ0v) is 11.5. The van der Waals surface area contributed by atoms with Crippen molar-refractivity contribution in [3.05, 3.63) is 35.6 Å². The molecule has 0 saturated carbocycles. The van der Waals surface area contributed by atoms with Crippen LogP contribution in [0.2, 0.25) is 0 Å². The molecule has 0 fully saturated rings. The Bertz CT molecular complexity index is 436. The van der Waals surface area contributed by atoms with E-state index in [4.69, 9.17) is 5.84 Å². The molecule has 6 heteroatoms. The second-order valence-corrected chi connectivity index (χ2v) is 3.78. The van der Waals surface area contributed by atoms with Crippen molar-refractivity contribution in [2.45, 2.75) is 20.8 Å². The molecule has 104 valence electrons. The second-order valence-electron chi connectivity index (χ2n) is 3.78. The minimum Gasteiger partial charge on any atom is -0.296 e. The van der Waals surface area contributed by atoms with Gasteiger partial charge in [-0.2, -0.15) is 0 Å². The van der Waals surface area contributed by atoms with Gasteiger partial charge in [0.1, 0.15) is 6.54 Å². The molecule has 6 nitrogen and oxygen atoms in total. The quantitative estimate of drug-likeness (QED) is 0.136. The van der Waals surface area contributed by atoms with Crippen LogP contribution in [0.5, 0.6) is 0 Å². The Kier molecular flexibility index (Phi) is 7.79. The summed E-state index contributed by atoms with van der Waals surface area (Å²) in [6.45, 7) is 9.27. The summed E-state index contributed by atoms with van der Waals surface area (Å²) in [5, 5.41) is 0. The lowest BCUT2D eigenvalue weighted by atomic mass is 10.1. The van der Waals surface area contributed by atoms with Crippen LogP contribution >= 0.6 is 0 Å². The Labute approximate surface area is 113 Å². The van der Waals surface area contributed by atoms with Gasteiger partial charge in [0.15, 0.2) is 0 Å². The van der Waals surface area contributed by atoms with E-state index in [1.54, 1.807) is 6.08 Å². The summed E-state index contributed by atoms with van der Waals surface area (Å²) in [6, 6.07) is 0. The van der Waals surface area contributed by atoms with Crippen LogP contribution in [0.25, 0.3) is 0 Å². The summed E-state index contributed by atoms with van der Waals surface area (Å²) in [5.74, 6) is 4.46. The SMILES string of the molecule is C=C/C(N=CN(C=O)CC(=O)NN)=C(C)\C(C)=C/C. The molecule has 0 heterocycles. The molecule has 0 aliphatic rings. The van der Waals surface area contributed by atoms with Crippen LogP contribution in [0.3, 0.4) is 0 Å². The van der Waals surface area contributed by atoms with E-state index in [-0.39, 0.29) is 6.54 Å². The van der Waals surface area contributed by atoms with Crippen LogP contribution in [0.4, 0.5) is 0 Å². The van der Waals surface area contributed by atoms with E-state index < -0.39 is 5.91 Å². The van der Waals surface area contributed by atoms with Crippen LogP contribution in [0.15, 0.2) is 40.6 Å². The molecule has 0 aromatic heterocycles. The molecule has 2 amide bonds. The third-order valence-corrected chi connectivity index (χ3v) is 2.57. The van der Waals surface area contributed by atoms with E-state index >= 15 is 0 Å². The van der Waals surface area contributed by atoms with Crippen molar-refractivity contribution in [1.29, 1.82) is 0 Å². The van der Waals surface area contributed by atoms with Gasteiger partial charge in [-0.25, -0.2) is 10.8 Å². The number of rotatable bonds is 7. The van der Waals surface area contributed by atoms with Gasteiger partial charge in [0.25, 0.3) is 5.91 Å². The molecule has 0 aromatic carbocycles. The smallest absolute Gasteiger partial charge is 0.253 e. The average molecular weight is 264 g/mol. The van der Waals surface area contributed by atoms with E-state index in [1.165, 1.54) is 6.34 Å². The van der Waals surface area contributed by atoms with Gasteiger partial charge < -0.3 is 0 Å². The number of carbonyl (C=O) groups is 2. The number of hydrogen-bond donors (Lipinski definition) is 2. The van der Waals surface area contributed by atoms with Gasteiger partial charge in [-0.3, -0.25) is 19.9 Å². The van der Waals surface area contributed by atoms with Gasteiger partial charge in [-0.15, -0.1) is 0 Å². The number of amides is 2. The highest BCUT2D eigenvalue weighted by atomic mass is 16.2. The molecule has 0 saturated heterocycles. The first-order chi connectivity index (χ1) is 8.99. The highest BCUT2D eigenvalue weighted by molar-refractivity contribution is 5.85. The maximum Gasteiger partial charge on any atom is 0.253 e. The molecule has 0 unspecified atom stereocenters. The van der Waals surface area contributed by atoms with Gasteiger partial charge >= 0.3 is 0 Å². The fourth-order valence-electron chi connectivity index (χ4n) is 1.17. The number of nitrogens with two attached hydrogens (primary N) is 1. The lowest BCUT2D eigenvalue weighted by molar-refractivity contribution is -0.125. The number of aliphatic imine (C=N–C) groups is 1. The van der Waals surface area contributed by atoms with Crippen molar-refractivity contribution in [1.82, 2.24) is 10.3 Å². The summed E-state index contributed by atoms with van der Waals surface area (Å²) in [4.78, 5) is 27.0. The van der Waals surface area contributed by atoms with Crippen molar-refractivity contribution < 1.29 is 9.59 Å². The number of carbonyl (C=O) groups excluding carboxylic acids is 2. The summed E-state index contributed by atoms with van der Waals surface area (Å²) < 4.78 is 0. The molecular weight excluding hydrogens is 244 g/mol. The van der Waals surface area contributed by atoms with E-state index in [0.29, 0.717) is 12.1 Å². The molecule has 0 aliphatic heterocycles. The maximum absolute atomic E-state index is 11.0. The topological polar surface area (TPSA) is 87.8 Å². The van der Waals surface area contributed by atoms with Crippen LogP contribution in [-0.2, 0) is 9.59 Å². The van der Waals surface area contributed by atoms with Gasteiger partial charge in [0, 0.05) is 0 Å². The van der Waals surface area contributed by atoms with Crippen LogP contribution in [-0.4, -0.2) is 30.1 Å². The minimum atomic E-state index is -0.482. The zero-order valence-electron chi connectivity index (χ0n) is 11.5. The molecule has 0 atom stereocenters. The second kappa shape index (κ2) is 8.82. The Balaban J connectivity index is 5.05. The fraction of sp³-hybridized carbons (Fsp3) is 0.308. The van der Waals surface area contributed by atoms with Gasteiger partial charge in [0.2, 0.25) is 6.41 Å². The predicted molar refractivity (Wildman–Crippen MR) is 75.9 cm³/mol. The Morgan fingerprint density at radius 1 is 1.47 bits per heavy atom. The third kappa shape index (κ3) is 5.78. The Morgan fingerprint density at radius 2 is 2.11 bits per heavy atom. The maximum atomic E-state index is 11.0. The van der Waals surface area contributed by atoms with Crippen LogP contribution < -0.4 is 11.3 Å². The summed E-state index contributed by atoms with van der Waals surface area (Å²) in [7, 11) is 0. The molecule has 0 bridgehead atoms. The minimum absolute atomic E-state index is 0.185. The van der Waals surface area contributed by atoms with Gasteiger partial charge in [-0.1, -0.05) is 18.2 Å². The lowest BCUT2D eigenvalue weighted by Crippen LogP contribution is -2.39. The van der Waals surface area contributed by atoms with Crippen LogP contribution in [0.1, 0.15) is 20.8 Å². The number of nitrogens with one attached hydrogen (secondary N) is 1. The molecule has 0 spiro atoms. The Morgan fingerprint density at radius 3 is 2.53 bits per heavy atom. The fourth-order valence-corrected chi connectivity index (χ4v) is 1.17. The largest absolute Gasteiger partial charge is 0.296 e. The molecule has 0 aromatic rings. The summed E-state index contributed by atoms with van der Waals surface area (Å²) in [5.41, 5.74) is 4.58. The van der Waals surface area contributed by atoms with E-state index in [2.05, 4.69) is 11.6 Å². The van der Waals surface area contributed by atoms with Gasteiger partial charge in [0.05, 0.1) is 12.0 Å². The van der Waals surface area contributed by atoms with Crippen molar-refractivity contribution in [3.63, 3.8) is 0 Å². The normalized spacial score (nSPS) is 12.9. The lowest BCUT2D eigenvalue weighted by Gasteiger charge is -2.10. The number of hydrazine groups is 1.